The van der Waals surface area contributed by atoms with Gasteiger partial charge in [0.05, 0.1) is 11.3 Å². The maximum Gasteiger partial charge on any atom is 0.166 e. The lowest BCUT2D eigenvalue weighted by Crippen LogP contribution is -2.38. The van der Waals surface area contributed by atoms with Gasteiger partial charge in [-0.05, 0) is 56.9 Å². The molecule has 148 valence electrons. The largest absolute Gasteiger partial charge is 0.390 e. The molecule has 2 atom stereocenters. The van der Waals surface area contributed by atoms with Crippen LogP contribution in [0.5, 0.6) is 0 Å². The van der Waals surface area contributed by atoms with Crippen LogP contribution in [0.4, 0.5) is 5.82 Å². The topological polar surface area (TPSA) is 93.7 Å². The van der Waals surface area contributed by atoms with Crippen LogP contribution in [0, 0.1) is 0 Å². The fourth-order valence-corrected chi connectivity index (χ4v) is 4.05. The smallest absolute Gasteiger partial charge is 0.166 e. The number of hydrogen-bond donors (Lipinski definition) is 2. The lowest BCUT2D eigenvalue weighted by atomic mass is 9.83. The standard InChI is InChI=1S/C21H23N7O/c1-21(29)8-2-4-15(13-21)25-18-6-5-17-20(26-18)27(14-23-17)16-7-10-22-19(12-16)28-11-3-9-24-28/h3,5-7,9-12,14-15,29H,2,4,8,13H2,1H3,(H,25,26). The Morgan fingerprint density at radius 1 is 1.21 bits per heavy atom. The van der Waals surface area contributed by atoms with E-state index in [0.717, 1.165) is 54.2 Å². The van der Waals surface area contributed by atoms with E-state index in [4.69, 9.17) is 4.98 Å². The zero-order valence-electron chi connectivity index (χ0n) is 16.2. The molecule has 0 bridgehead atoms. The molecule has 1 aliphatic carbocycles. The van der Waals surface area contributed by atoms with Crippen molar-refractivity contribution in [2.75, 3.05) is 5.32 Å². The van der Waals surface area contributed by atoms with Gasteiger partial charge in [-0.15, -0.1) is 0 Å². The van der Waals surface area contributed by atoms with Gasteiger partial charge in [0.15, 0.2) is 11.5 Å². The van der Waals surface area contributed by atoms with Gasteiger partial charge in [-0.1, -0.05) is 0 Å². The average molecular weight is 389 g/mol. The van der Waals surface area contributed by atoms with Gasteiger partial charge >= 0.3 is 0 Å². The molecular weight excluding hydrogens is 366 g/mol. The molecule has 0 aliphatic heterocycles. The summed E-state index contributed by atoms with van der Waals surface area (Å²) < 4.78 is 3.67. The van der Waals surface area contributed by atoms with Crippen molar-refractivity contribution in [2.45, 2.75) is 44.2 Å². The molecule has 1 saturated carbocycles. The van der Waals surface area contributed by atoms with Gasteiger partial charge < -0.3 is 10.4 Å². The summed E-state index contributed by atoms with van der Waals surface area (Å²) in [4.78, 5) is 13.7. The number of pyridine rings is 2. The highest BCUT2D eigenvalue weighted by Gasteiger charge is 2.30. The molecule has 4 heterocycles. The highest BCUT2D eigenvalue weighted by Crippen LogP contribution is 2.30. The third-order valence-corrected chi connectivity index (χ3v) is 5.45. The van der Waals surface area contributed by atoms with Gasteiger partial charge in [0.2, 0.25) is 0 Å². The van der Waals surface area contributed by atoms with E-state index in [1.54, 1.807) is 23.4 Å². The number of anilines is 1. The fourth-order valence-electron chi connectivity index (χ4n) is 4.05. The Labute approximate surface area is 168 Å². The lowest BCUT2D eigenvalue weighted by Gasteiger charge is -2.34. The second-order valence-corrected chi connectivity index (χ2v) is 7.91. The van der Waals surface area contributed by atoms with Gasteiger partial charge in [0, 0.05) is 30.7 Å². The van der Waals surface area contributed by atoms with Crippen LogP contribution in [-0.4, -0.2) is 46.0 Å². The molecule has 4 aromatic heterocycles. The summed E-state index contributed by atoms with van der Waals surface area (Å²) in [6, 6.07) is 9.88. The number of nitrogens with zero attached hydrogens (tertiary/aromatic N) is 6. The van der Waals surface area contributed by atoms with E-state index in [0.29, 0.717) is 0 Å². The van der Waals surface area contributed by atoms with Crippen molar-refractivity contribution in [3.63, 3.8) is 0 Å². The number of aliphatic hydroxyl groups is 1. The van der Waals surface area contributed by atoms with E-state index in [2.05, 4.69) is 20.4 Å². The van der Waals surface area contributed by atoms with Crippen molar-refractivity contribution in [1.29, 1.82) is 0 Å². The van der Waals surface area contributed by atoms with Crippen molar-refractivity contribution in [1.82, 2.24) is 29.3 Å². The Morgan fingerprint density at radius 2 is 2.14 bits per heavy atom. The maximum absolute atomic E-state index is 10.4. The van der Waals surface area contributed by atoms with Crippen LogP contribution in [0.25, 0.3) is 22.7 Å². The summed E-state index contributed by atoms with van der Waals surface area (Å²) >= 11 is 0. The number of rotatable bonds is 4. The maximum atomic E-state index is 10.4. The zero-order valence-corrected chi connectivity index (χ0v) is 16.2. The summed E-state index contributed by atoms with van der Waals surface area (Å²) in [5, 5.41) is 18.1. The lowest BCUT2D eigenvalue weighted by molar-refractivity contribution is 0.0182. The van der Waals surface area contributed by atoms with Gasteiger partial charge in [-0.2, -0.15) is 5.10 Å². The average Bonchev–Trinajstić information content (AvgIpc) is 3.37. The van der Waals surface area contributed by atoms with E-state index < -0.39 is 5.60 Å². The summed E-state index contributed by atoms with van der Waals surface area (Å²) in [6.07, 6.45) is 10.7. The first kappa shape index (κ1) is 17.8. The molecule has 0 radical (unpaired) electrons. The molecule has 0 amide bonds. The van der Waals surface area contributed by atoms with Crippen LogP contribution >= 0.6 is 0 Å². The second kappa shape index (κ2) is 6.97. The first-order valence-corrected chi connectivity index (χ1v) is 9.87. The van der Waals surface area contributed by atoms with Crippen LogP contribution in [0.1, 0.15) is 32.6 Å². The van der Waals surface area contributed by atoms with E-state index in [1.165, 1.54) is 0 Å². The van der Waals surface area contributed by atoms with E-state index in [1.807, 2.05) is 48.0 Å². The summed E-state index contributed by atoms with van der Waals surface area (Å²) in [6.45, 7) is 1.91. The summed E-state index contributed by atoms with van der Waals surface area (Å²) in [5.74, 6) is 1.52. The van der Waals surface area contributed by atoms with E-state index in [9.17, 15) is 5.11 Å². The van der Waals surface area contributed by atoms with Crippen molar-refractivity contribution in [2.24, 2.45) is 0 Å². The molecule has 0 saturated heterocycles. The molecule has 1 fully saturated rings. The Balaban J connectivity index is 1.47. The normalized spacial score (nSPS) is 22.1. The molecule has 1 aliphatic rings. The molecule has 29 heavy (non-hydrogen) atoms. The Bertz CT molecular complexity index is 1130. The number of hydrogen-bond acceptors (Lipinski definition) is 6. The fraction of sp³-hybridized carbons (Fsp3) is 0.333. The number of imidazole rings is 1. The van der Waals surface area contributed by atoms with Crippen LogP contribution < -0.4 is 5.32 Å². The molecule has 8 nitrogen and oxygen atoms in total. The molecule has 2 unspecified atom stereocenters. The van der Waals surface area contributed by atoms with E-state index in [-0.39, 0.29) is 6.04 Å². The molecular formula is C21H23N7O. The molecule has 8 heteroatoms. The van der Waals surface area contributed by atoms with E-state index >= 15 is 0 Å². The minimum Gasteiger partial charge on any atom is -0.390 e. The van der Waals surface area contributed by atoms with Crippen LogP contribution in [0.15, 0.2) is 55.2 Å². The van der Waals surface area contributed by atoms with Gasteiger partial charge in [0.1, 0.15) is 17.7 Å². The van der Waals surface area contributed by atoms with Gasteiger partial charge in [-0.25, -0.2) is 19.6 Å². The number of nitrogens with one attached hydrogen (secondary N) is 1. The van der Waals surface area contributed by atoms with Crippen LogP contribution in [-0.2, 0) is 0 Å². The van der Waals surface area contributed by atoms with Crippen molar-refractivity contribution < 1.29 is 5.11 Å². The molecule has 0 spiro atoms. The van der Waals surface area contributed by atoms with Crippen LogP contribution in [0.2, 0.25) is 0 Å². The first-order valence-electron chi connectivity index (χ1n) is 9.87. The van der Waals surface area contributed by atoms with Crippen molar-refractivity contribution in [3.05, 3.63) is 55.2 Å². The second-order valence-electron chi connectivity index (χ2n) is 7.91. The summed E-state index contributed by atoms with van der Waals surface area (Å²) in [7, 11) is 0. The SMILES string of the molecule is CC1(O)CCCC(Nc2ccc3ncn(-c4ccnc(-n5cccn5)c4)c3n2)C1. The third-order valence-electron chi connectivity index (χ3n) is 5.45. The molecule has 4 aromatic rings. The van der Waals surface area contributed by atoms with Gasteiger partial charge in [0.25, 0.3) is 0 Å². The van der Waals surface area contributed by atoms with Crippen LogP contribution in [0.3, 0.4) is 0 Å². The highest BCUT2D eigenvalue weighted by molar-refractivity contribution is 5.75. The molecule has 0 aromatic carbocycles. The van der Waals surface area contributed by atoms with Gasteiger partial charge in [-0.3, -0.25) is 4.57 Å². The predicted octanol–water partition coefficient (Wildman–Crippen LogP) is 3.11. The highest BCUT2D eigenvalue weighted by atomic mass is 16.3. The molecule has 2 N–H and O–H groups in total. The van der Waals surface area contributed by atoms with Crippen molar-refractivity contribution >= 4 is 17.0 Å². The number of aromatic nitrogens is 6. The number of fused-ring (bicyclic) bond motifs is 1. The summed E-state index contributed by atoms with van der Waals surface area (Å²) in [5.41, 5.74) is 1.90. The predicted molar refractivity (Wildman–Crippen MR) is 110 cm³/mol. The van der Waals surface area contributed by atoms with Crippen molar-refractivity contribution in [3.8, 4) is 11.5 Å². The first-order chi connectivity index (χ1) is 14.1. The minimum absolute atomic E-state index is 0.215. The quantitative estimate of drug-likeness (QED) is 0.557. The zero-order chi connectivity index (χ0) is 19.8. The Kier molecular flexibility index (Phi) is 4.28. The Morgan fingerprint density at radius 3 is 2.97 bits per heavy atom. The minimum atomic E-state index is -0.609. The Hall–Kier alpha value is -3.26. The third kappa shape index (κ3) is 3.58. The molecule has 5 rings (SSSR count). The monoisotopic (exact) mass is 389 g/mol.